The van der Waals surface area contributed by atoms with Gasteiger partial charge in [-0.25, -0.2) is 4.98 Å². The number of nitrogens with zero attached hydrogens (tertiary/aromatic N) is 2. The van der Waals surface area contributed by atoms with E-state index in [-0.39, 0.29) is 5.91 Å². The van der Waals surface area contributed by atoms with Gasteiger partial charge in [-0.3, -0.25) is 4.79 Å². The van der Waals surface area contributed by atoms with Crippen LogP contribution in [0.2, 0.25) is 0 Å². The molecule has 0 bridgehead atoms. The average molecular weight is 277 g/mol. The zero-order chi connectivity index (χ0) is 13.7. The molecule has 0 fully saturated rings. The van der Waals surface area contributed by atoms with E-state index in [1.54, 1.807) is 16.2 Å². The van der Waals surface area contributed by atoms with E-state index in [0.717, 1.165) is 23.5 Å². The van der Waals surface area contributed by atoms with Crippen molar-refractivity contribution >= 4 is 27.5 Å². The molecule has 0 saturated heterocycles. The second kappa shape index (κ2) is 6.63. The number of hydrogen-bond acceptors (Lipinski definition) is 4. The summed E-state index contributed by atoms with van der Waals surface area (Å²) in [4.78, 5) is 18.1. The molecule has 0 unspecified atom stereocenters. The van der Waals surface area contributed by atoms with Gasteiger partial charge in [0.05, 0.1) is 23.3 Å². The Bertz CT molecular complexity index is 519. The van der Waals surface area contributed by atoms with Crippen LogP contribution in [0.4, 0.5) is 0 Å². The summed E-state index contributed by atoms with van der Waals surface area (Å²) in [6.07, 6.45) is 1.04. The summed E-state index contributed by atoms with van der Waals surface area (Å²) in [6, 6.07) is 8.05. The van der Waals surface area contributed by atoms with Crippen LogP contribution in [-0.2, 0) is 11.3 Å². The van der Waals surface area contributed by atoms with Crippen LogP contribution in [0.15, 0.2) is 24.3 Å². The van der Waals surface area contributed by atoms with E-state index in [0.29, 0.717) is 13.1 Å². The normalized spacial score (nSPS) is 10.8. The third-order valence-electron chi connectivity index (χ3n) is 2.84. The number of aromatic nitrogens is 1. The lowest BCUT2D eigenvalue weighted by Gasteiger charge is -2.15. The first-order valence-electron chi connectivity index (χ1n) is 6.50. The number of amides is 1. The van der Waals surface area contributed by atoms with Gasteiger partial charge in [0.2, 0.25) is 5.91 Å². The van der Waals surface area contributed by atoms with Crippen molar-refractivity contribution in [2.24, 2.45) is 0 Å². The molecule has 2 rings (SSSR count). The van der Waals surface area contributed by atoms with Crippen molar-refractivity contribution in [3.8, 4) is 0 Å². The maximum Gasteiger partial charge on any atom is 0.236 e. The molecule has 0 spiro atoms. The Morgan fingerprint density at radius 2 is 2.21 bits per heavy atom. The highest BCUT2D eigenvalue weighted by atomic mass is 32.1. The van der Waals surface area contributed by atoms with Crippen LogP contribution >= 0.6 is 11.3 Å². The second-order valence-electron chi connectivity index (χ2n) is 4.50. The Labute approximate surface area is 117 Å². The summed E-state index contributed by atoms with van der Waals surface area (Å²) < 4.78 is 1.17. The number of fused-ring (bicyclic) bond motifs is 1. The van der Waals surface area contributed by atoms with Crippen molar-refractivity contribution in [2.45, 2.75) is 19.9 Å². The predicted octanol–water partition coefficient (Wildman–Crippen LogP) is 2.25. The highest BCUT2D eigenvalue weighted by Gasteiger charge is 2.11. The van der Waals surface area contributed by atoms with Gasteiger partial charge in [-0.2, -0.15) is 0 Å². The van der Waals surface area contributed by atoms with Gasteiger partial charge in [-0.05, 0) is 25.1 Å². The van der Waals surface area contributed by atoms with Gasteiger partial charge < -0.3 is 10.2 Å². The Balaban J connectivity index is 1.94. The molecule has 1 aromatic carbocycles. The molecule has 0 radical (unpaired) electrons. The zero-order valence-electron chi connectivity index (χ0n) is 11.3. The molecule has 0 saturated carbocycles. The smallest absolute Gasteiger partial charge is 0.236 e. The van der Waals surface area contributed by atoms with Gasteiger partial charge in [-0.1, -0.05) is 19.1 Å². The van der Waals surface area contributed by atoms with Crippen LogP contribution in [0.5, 0.6) is 0 Å². The van der Waals surface area contributed by atoms with Crippen molar-refractivity contribution in [3.63, 3.8) is 0 Å². The molecule has 5 heteroatoms. The Hall–Kier alpha value is -1.46. The molecule has 0 aliphatic heterocycles. The maximum absolute atomic E-state index is 11.9. The largest absolute Gasteiger partial charge is 0.338 e. The fourth-order valence-corrected chi connectivity index (χ4v) is 2.81. The van der Waals surface area contributed by atoms with Gasteiger partial charge in [0.1, 0.15) is 5.01 Å². The molecular formula is C14H19N3OS. The van der Waals surface area contributed by atoms with E-state index in [9.17, 15) is 4.79 Å². The molecule has 0 aliphatic rings. The molecule has 1 amide bonds. The lowest BCUT2D eigenvalue weighted by atomic mass is 10.3. The maximum atomic E-state index is 11.9. The highest BCUT2D eigenvalue weighted by molar-refractivity contribution is 7.18. The van der Waals surface area contributed by atoms with Crippen molar-refractivity contribution in [1.82, 2.24) is 15.2 Å². The van der Waals surface area contributed by atoms with Crippen LogP contribution in [0, 0.1) is 0 Å². The predicted molar refractivity (Wildman–Crippen MR) is 79.3 cm³/mol. The first-order chi connectivity index (χ1) is 9.20. The number of rotatable bonds is 6. The summed E-state index contributed by atoms with van der Waals surface area (Å²) in [7, 11) is 1.82. The molecule has 102 valence electrons. The third-order valence-corrected chi connectivity index (χ3v) is 3.86. The Morgan fingerprint density at radius 1 is 1.42 bits per heavy atom. The van der Waals surface area contributed by atoms with Gasteiger partial charge in [0.15, 0.2) is 0 Å². The van der Waals surface area contributed by atoms with E-state index >= 15 is 0 Å². The first-order valence-corrected chi connectivity index (χ1v) is 7.31. The van der Waals surface area contributed by atoms with E-state index in [4.69, 9.17) is 0 Å². The number of benzene rings is 1. The van der Waals surface area contributed by atoms with Crippen LogP contribution in [0.1, 0.15) is 18.4 Å². The van der Waals surface area contributed by atoms with Gasteiger partial charge in [0.25, 0.3) is 0 Å². The van der Waals surface area contributed by atoms with Gasteiger partial charge in [-0.15, -0.1) is 11.3 Å². The fourth-order valence-electron chi connectivity index (χ4n) is 1.79. The summed E-state index contributed by atoms with van der Waals surface area (Å²) in [5, 5.41) is 4.10. The summed E-state index contributed by atoms with van der Waals surface area (Å²) >= 11 is 1.65. The lowest BCUT2D eigenvalue weighted by molar-refractivity contribution is -0.129. The highest BCUT2D eigenvalue weighted by Crippen LogP contribution is 2.22. The monoisotopic (exact) mass is 277 g/mol. The van der Waals surface area contributed by atoms with E-state index < -0.39 is 0 Å². The molecule has 19 heavy (non-hydrogen) atoms. The number of hydrogen-bond donors (Lipinski definition) is 1. The minimum atomic E-state index is 0.104. The molecular weight excluding hydrogens is 258 g/mol. The van der Waals surface area contributed by atoms with Crippen molar-refractivity contribution < 1.29 is 4.79 Å². The quantitative estimate of drug-likeness (QED) is 0.824. The molecule has 1 aromatic heterocycles. The van der Waals surface area contributed by atoms with E-state index in [1.165, 1.54) is 4.70 Å². The SMILES string of the molecule is CCCNCC(=O)N(C)Cc1nc2ccccc2s1. The molecule has 0 aliphatic carbocycles. The Kier molecular flexibility index (Phi) is 4.87. The number of likely N-dealkylation sites (N-methyl/N-ethyl adjacent to an activating group) is 1. The number of carbonyl (C=O) groups is 1. The van der Waals surface area contributed by atoms with Crippen LogP contribution in [-0.4, -0.2) is 35.9 Å². The van der Waals surface area contributed by atoms with Crippen LogP contribution in [0.25, 0.3) is 10.2 Å². The number of thiazole rings is 1. The molecule has 4 nitrogen and oxygen atoms in total. The zero-order valence-corrected chi connectivity index (χ0v) is 12.2. The average Bonchev–Trinajstić information content (AvgIpc) is 2.80. The summed E-state index contributed by atoms with van der Waals surface area (Å²) in [6.45, 7) is 3.93. The van der Waals surface area contributed by atoms with Crippen molar-refractivity contribution in [1.29, 1.82) is 0 Å². The second-order valence-corrected chi connectivity index (χ2v) is 5.62. The van der Waals surface area contributed by atoms with Crippen molar-refractivity contribution in [2.75, 3.05) is 20.1 Å². The minimum absolute atomic E-state index is 0.104. The number of nitrogens with one attached hydrogen (secondary N) is 1. The first kappa shape index (κ1) is 14.0. The fraction of sp³-hybridized carbons (Fsp3) is 0.429. The van der Waals surface area contributed by atoms with E-state index in [2.05, 4.69) is 23.3 Å². The van der Waals surface area contributed by atoms with Crippen LogP contribution in [0.3, 0.4) is 0 Å². The minimum Gasteiger partial charge on any atom is -0.338 e. The van der Waals surface area contributed by atoms with Gasteiger partial charge in [0, 0.05) is 7.05 Å². The number of para-hydroxylation sites is 1. The summed E-state index contributed by atoms with van der Waals surface area (Å²) in [5.41, 5.74) is 1.01. The lowest BCUT2D eigenvalue weighted by Crippen LogP contribution is -2.35. The topological polar surface area (TPSA) is 45.2 Å². The summed E-state index contributed by atoms with van der Waals surface area (Å²) in [5.74, 6) is 0.104. The van der Waals surface area contributed by atoms with E-state index in [1.807, 2.05) is 25.2 Å². The van der Waals surface area contributed by atoms with Crippen LogP contribution < -0.4 is 5.32 Å². The third kappa shape index (κ3) is 3.75. The van der Waals surface area contributed by atoms with Crippen molar-refractivity contribution in [3.05, 3.63) is 29.3 Å². The van der Waals surface area contributed by atoms with Gasteiger partial charge >= 0.3 is 0 Å². The molecule has 1 N–H and O–H groups in total. The Morgan fingerprint density at radius 3 is 2.95 bits per heavy atom. The standard InChI is InChI=1S/C14H19N3OS/c1-3-8-15-9-14(18)17(2)10-13-16-11-6-4-5-7-12(11)19-13/h4-7,15H,3,8-10H2,1-2H3. The molecule has 0 atom stereocenters. The molecule has 1 heterocycles. The number of carbonyl (C=O) groups excluding carboxylic acids is 1. The molecule has 2 aromatic rings.